The molecule has 0 aliphatic carbocycles. The molecule has 29 heavy (non-hydrogen) atoms. The second-order valence-corrected chi connectivity index (χ2v) is 7.86. The highest BCUT2D eigenvalue weighted by Crippen LogP contribution is 2.31. The van der Waals surface area contributed by atoms with E-state index in [0.29, 0.717) is 12.1 Å². The van der Waals surface area contributed by atoms with Crippen LogP contribution in [0, 0.1) is 5.82 Å². The van der Waals surface area contributed by atoms with Crippen molar-refractivity contribution in [2.45, 2.75) is 51.6 Å². The molecule has 0 radical (unpaired) electrons. The third kappa shape index (κ3) is 4.21. The first-order valence-electron chi connectivity index (χ1n) is 9.73. The average molecular weight is 396 g/mol. The van der Waals surface area contributed by atoms with Gasteiger partial charge in [-0.25, -0.2) is 9.29 Å². The van der Waals surface area contributed by atoms with Crippen LogP contribution in [-0.4, -0.2) is 34.2 Å². The van der Waals surface area contributed by atoms with Crippen molar-refractivity contribution < 1.29 is 18.8 Å². The molecule has 2 aromatic rings. The minimum absolute atomic E-state index is 0.0832. The summed E-state index contributed by atoms with van der Waals surface area (Å²) < 4.78 is 13.2. The normalized spacial score (nSPS) is 17.0. The van der Waals surface area contributed by atoms with Crippen LogP contribution in [0.4, 0.5) is 10.1 Å². The van der Waals surface area contributed by atoms with Gasteiger partial charge in [-0.15, -0.1) is 0 Å². The molecule has 2 aromatic carbocycles. The summed E-state index contributed by atoms with van der Waals surface area (Å²) in [6.45, 7) is 5.74. The maximum atomic E-state index is 13.2. The summed E-state index contributed by atoms with van der Waals surface area (Å²) in [6, 6.07) is 13.7. The number of nitrogens with zero attached hydrogens (tertiary/aromatic N) is 2. The quantitative estimate of drug-likeness (QED) is 0.700. The summed E-state index contributed by atoms with van der Waals surface area (Å²) in [7, 11) is 0. The molecule has 0 bridgehead atoms. The van der Waals surface area contributed by atoms with Gasteiger partial charge in [0.05, 0.1) is 18.5 Å². The van der Waals surface area contributed by atoms with Gasteiger partial charge in [-0.05, 0) is 50.1 Å². The Balaban J connectivity index is 1.92. The fourth-order valence-electron chi connectivity index (χ4n) is 3.64. The Bertz CT molecular complexity index is 909. The van der Waals surface area contributed by atoms with Crippen LogP contribution in [0.3, 0.4) is 0 Å². The van der Waals surface area contributed by atoms with E-state index in [1.54, 1.807) is 4.90 Å². The van der Waals surface area contributed by atoms with Gasteiger partial charge in [0, 0.05) is 5.54 Å². The lowest BCUT2D eigenvalue weighted by Gasteiger charge is -2.41. The predicted molar refractivity (Wildman–Crippen MR) is 109 cm³/mol. The highest BCUT2D eigenvalue weighted by Gasteiger charge is 2.48. The van der Waals surface area contributed by atoms with E-state index in [1.807, 2.05) is 51.1 Å². The Hall–Kier alpha value is -3.02. The van der Waals surface area contributed by atoms with Crippen LogP contribution in [0.15, 0.2) is 54.6 Å². The molecule has 0 spiro atoms. The van der Waals surface area contributed by atoms with Gasteiger partial charge in [0.25, 0.3) is 5.91 Å². The summed E-state index contributed by atoms with van der Waals surface area (Å²) in [6.07, 6.45) is 0.695. The maximum Gasteiger partial charge on any atom is 0.257 e. The Kier molecular flexibility index (Phi) is 5.82. The largest absolute Gasteiger partial charge is 0.325 e. The van der Waals surface area contributed by atoms with E-state index in [0.717, 1.165) is 10.5 Å². The molecule has 5 nitrogen and oxygen atoms in total. The first-order chi connectivity index (χ1) is 13.7. The van der Waals surface area contributed by atoms with Crippen LogP contribution >= 0.6 is 0 Å². The zero-order chi connectivity index (χ0) is 21.2. The van der Waals surface area contributed by atoms with Crippen LogP contribution in [-0.2, 0) is 20.8 Å². The number of carbonyl (C=O) groups is 3. The minimum Gasteiger partial charge on any atom is -0.325 e. The molecular formula is C23H25FN2O3. The van der Waals surface area contributed by atoms with E-state index < -0.39 is 29.2 Å². The molecule has 0 saturated carbocycles. The molecule has 0 aromatic heterocycles. The lowest BCUT2D eigenvalue weighted by Crippen LogP contribution is -2.56. The molecule has 1 fully saturated rings. The number of rotatable bonds is 6. The number of hydrogen-bond donors (Lipinski definition) is 0. The Labute approximate surface area is 170 Å². The van der Waals surface area contributed by atoms with Gasteiger partial charge in [0.15, 0.2) is 0 Å². The van der Waals surface area contributed by atoms with Crippen molar-refractivity contribution >= 4 is 23.4 Å². The van der Waals surface area contributed by atoms with Crippen LogP contribution in [0.1, 0.15) is 39.2 Å². The van der Waals surface area contributed by atoms with Gasteiger partial charge in [-0.3, -0.25) is 14.4 Å². The molecule has 1 heterocycles. The minimum atomic E-state index is -0.876. The maximum absolute atomic E-state index is 13.2. The number of halogens is 1. The molecular weight excluding hydrogens is 371 g/mol. The fraction of sp³-hybridized carbons (Fsp3) is 0.348. The van der Waals surface area contributed by atoms with Gasteiger partial charge in [0.1, 0.15) is 11.9 Å². The standard InChI is InChI=1S/C23H25FN2O3/c1-4-23(2,3)26(21(28)14-16-8-6-5-7-9-16)19-15-20(27)25(22(19)29)18-12-10-17(24)11-13-18/h5-13,19H,4,14-15H2,1-3H3. The van der Waals surface area contributed by atoms with E-state index in [-0.39, 0.29) is 18.7 Å². The fourth-order valence-corrected chi connectivity index (χ4v) is 3.64. The smallest absolute Gasteiger partial charge is 0.257 e. The van der Waals surface area contributed by atoms with Gasteiger partial charge in [-0.2, -0.15) is 0 Å². The van der Waals surface area contributed by atoms with Gasteiger partial charge in [-0.1, -0.05) is 37.3 Å². The van der Waals surface area contributed by atoms with Crippen LogP contribution in [0.25, 0.3) is 0 Å². The van der Waals surface area contributed by atoms with E-state index in [9.17, 15) is 18.8 Å². The number of carbonyl (C=O) groups excluding carboxylic acids is 3. The van der Waals surface area contributed by atoms with Gasteiger partial charge < -0.3 is 4.90 Å². The third-order valence-electron chi connectivity index (χ3n) is 5.50. The Morgan fingerprint density at radius 3 is 2.31 bits per heavy atom. The lowest BCUT2D eigenvalue weighted by molar-refractivity contribution is -0.144. The first-order valence-corrected chi connectivity index (χ1v) is 9.73. The van der Waals surface area contributed by atoms with Gasteiger partial charge in [0.2, 0.25) is 11.8 Å². The molecule has 1 unspecified atom stereocenters. The molecule has 0 N–H and O–H groups in total. The van der Waals surface area contributed by atoms with Crippen molar-refractivity contribution in [2.24, 2.45) is 0 Å². The van der Waals surface area contributed by atoms with Crippen molar-refractivity contribution in [2.75, 3.05) is 4.90 Å². The van der Waals surface area contributed by atoms with Crippen LogP contribution < -0.4 is 4.90 Å². The molecule has 1 saturated heterocycles. The molecule has 152 valence electrons. The monoisotopic (exact) mass is 396 g/mol. The van der Waals surface area contributed by atoms with Crippen LogP contribution in [0.2, 0.25) is 0 Å². The number of benzene rings is 2. The molecule has 1 aliphatic rings. The van der Waals surface area contributed by atoms with Crippen molar-refractivity contribution in [1.29, 1.82) is 0 Å². The van der Waals surface area contributed by atoms with Crippen molar-refractivity contribution in [3.05, 3.63) is 66.0 Å². The number of hydrogen-bond acceptors (Lipinski definition) is 3. The SMILES string of the molecule is CCC(C)(C)N(C(=O)Cc1ccccc1)C1CC(=O)N(c2ccc(F)cc2)C1=O. The summed E-state index contributed by atoms with van der Waals surface area (Å²) in [4.78, 5) is 41.7. The molecule has 1 aliphatic heterocycles. The molecule has 6 heteroatoms. The highest BCUT2D eigenvalue weighted by molar-refractivity contribution is 6.23. The zero-order valence-electron chi connectivity index (χ0n) is 16.9. The van der Waals surface area contributed by atoms with Crippen molar-refractivity contribution in [1.82, 2.24) is 4.90 Å². The summed E-state index contributed by atoms with van der Waals surface area (Å²) in [5.41, 5.74) is 0.556. The zero-order valence-corrected chi connectivity index (χ0v) is 16.9. The molecule has 3 rings (SSSR count). The van der Waals surface area contributed by atoms with Crippen molar-refractivity contribution in [3.63, 3.8) is 0 Å². The third-order valence-corrected chi connectivity index (χ3v) is 5.50. The molecule has 3 amide bonds. The lowest BCUT2D eigenvalue weighted by atomic mass is 9.94. The summed E-state index contributed by atoms with van der Waals surface area (Å²) >= 11 is 0. The van der Waals surface area contributed by atoms with Gasteiger partial charge >= 0.3 is 0 Å². The number of imide groups is 1. The van der Waals surface area contributed by atoms with Crippen molar-refractivity contribution in [3.8, 4) is 0 Å². The Morgan fingerprint density at radius 2 is 1.72 bits per heavy atom. The number of anilines is 1. The van der Waals surface area contributed by atoms with Crippen LogP contribution in [0.5, 0.6) is 0 Å². The summed E-state index contributed by atoms with van der Waals surface area (Å²) in [5.74, 6) is -1.49. The molecule has 1 atom stereocenters. The second kappa shape index (κ2) is 8.15. The second-order valence-electron chi connectivity index (χ2n) is 7.86. The summed E-state index contributed by atoms with van der Waals surface area (Å²) in [5, 5.41) is 0. The average Bonchev–Trinajstić information content (AvgIpc) is 2.97. The van der Waals surface area contributed by atoms with E-state index in [1.165, 1.54) is 24.3 Å². The van der Waals surface area contributed by atoms with E-state index in [2.05, 4.69) is 0 Å². The highest BCUT2D eigenvalue weighted by atomic mass is 19.1. The topological polar surface area (TPSA) is 57.7 Å². The Morgan fingerprint density at radius 1 is 1.10 bits per heavy atom. The van der Waals surface area contributed by atoms with E-state index in [4.69, 9.17) is 0 Å². The van der Waals surface area contributed by atoms with E-state index >= 15 is 0 Å². The first kappa shape index (κ1) is 20.7. The number of amides is 3. The predicted octanol–water partition coefficient (Wildman–Crippen LogP) is 3.72.